The first-order valence-corrected chi connectivity index (χ1v) is 5.97. The van der Waals surface area contributed by atoms with E-state index in [1.807, 2.05) is 24.3 Å². The van der Waals surface area contributed by atoms with Crippen LogP contribution in [0.4, 0.5) is 5.82 Å². The summed E-state index contributed by atoms with van der Waals surface area (Å²) in [5.41, 5.74) is 7.06. The van der Waals surface area contributed by atoms with Gasteiger partial charge in [-0.2, -0.15) is 0 Å². The molecule has 3 N–H and O–H groups in total. The Bertz CT molecular complexity index is 528. The topological polar surface area (TPSA) is 63.8 Å². The molecule has 0 spiro atoms. The first-order valence-electron chi connectivity index (χ1n) is 5.97. The fraction of sp³-hybridized carbons (Fsp3) is 0.385. The van der Waals surface area contributed by atoms with Crippen molar-refractivity contribution in [2.45, 2.75) is 12.8 Å². The summed E-state index contributed by atoms with van der Waals surface area (Å²) in [6, 6.07) is 8.03. The Hall–Kier alpha value is -1.68. The van der Waals surface area contributed by atoms with Crippen LogP contribution in [0.15, 0.2) is 30.6 Å². The van der Waals surface area contributed by atoms with Gasteiger partial charge in [0.2, 0.25) is 0 Å². The summed E-state index contributed by atoms with van der Waals surface area (Å²) in [6.07, 6.45) is 4.05. The third-order valence-electron chi connectivity index (χ3n) is 3.56. The summed E-state index contributed by atoms with van der Waals surface area (Å²) in [5, 5.41) is 4.48. The summed E-state index contributed by atoms with van der Waals surface area (Å²) in [5.74, 6) is 0.912. The summed E-state index contributed by atoms with van der Waals surface area (Å²) in [6.45, 7) is 1.66. The zero-order valence-electron chi connectivity index (χ0n) is 9.69. The van der Waals surface area contributed by atoms with Crippen molar-refractivity contribution in [3.8, 4) is 0 Å². The Morgan fingerprint density at radius 3 is 2.82 bits per heavy atom. The second-order valence-corrected chi connectivity index (χ2v) is 4.80. The minimum atomic E-state index is 0.312. The van der Waals surface area contributed by atoms with E-state index in [1.165, 1.54) is 12.8 Å². The van der Waals surface area contributed by atoms with Crippen molar-refractivity contribution in [3.63, 3.8) is 0 Å². The molecule has 1 aromatic heterocycles. The largest absolute Gasteiger partial charge is 0.369 e. The van der Waals surface area contributed by atoms with Crippen molar-refractivity contribution < 1.29 is 0 Å². The van der Waals surface area contributed by atoms with Crippen molar-refractivity contribution in [1.29, 1.82) is 0 Å². The molecule has 1 aliphatic rings. The highest BCUT2D eigenvalue weighted by Crippen LogP contribution is 2.44. The number of nitrogens with two attached hydrogens (primary N) is 1. The van der Waals surface area contributed by atoms with Crippen LogP contribution in [0.25, 0.3) is 10.9 Å². The highest BCUT2D eigenvalue weighted by atomic mass is 15.0. The molecule has 0 atom stereocenters. The van der Waals surface area contributed by atoms with E-state index in [1.54, 1.807) is 6.33 Å². The average Bonchev–Trinajstić information content (AvgIpc) is 3.17. The zero-order chi connectivity index (χ0) is 11.7. The predicted octanol–water partition coefficient (Wildman–Crippen LogP) is 1.78. The number of anilines is 1. The van der Waals surface area contributed by atoms with Crippen LogP contribution in [0.1, 0.15) is 12.8 Å². The van der Waals surface area contributed by atoms with Gasteiger partial charge in [0, 0.05) is 11.9 Å². The Morgan fingerprint density at radius 2 is 2.06 bits per heavy atom. The number of nitrogens with one attached hydrogen (secondary N) is 1. The van der Waals surface area contributed by atoms with Gasteiger partial charge in [-0.05, 0) is 36.9 Å². The molecule has 0 radical (unpaired) electrons. The van der Waals surface area contributed by atoms with E-state index in [2.05, 4.69) is 15.3 Å². The van der Waals surface area contributed by atoms with Crippen LogP contribution in [0.2, 0.25) is 0 Å². The molecule has 1 saturated carbocycles. The molecule has 0 bridgehead atoms. The van der Waals surface area contributed by atoms with E-state index < -0.39 is 0 Å². The molecular weight excluding hydrogens is 212 g/mol. The van der Waals surface area contributed by atoms with Crippen LogP contribution >= 0.6 is 0 Å². The smallest absolute Gasteiger partial charge is 0.137 e. The van der Waals surface area contributed by atoms with Gasteiger partial charge in [-0.25, -0.2) is 9.97 Å². The number of para-hydroxylation sites is 1. The van der Waals surface area contributed by atoms with Crippen LogP contribution in [0.3, 0.4) is 0 Å². The molecule has 3 rings (SSSR count). The Balaban J connectivity index is 1.85. The predicted molar refractivity (Wildman–Crippen MR) is 68.7 cm³/mol. The highest BCUT2D eigenvalue weighted by molar-refractivity contribution is 5.88. The maximum absolute atomic E-state index is 5.77. The number of hydrogen-bond acceptors (Lipinski definition) is 4. The minimum absolute atomic E-state index is 0.312. The van der Waals surface area contributed by atoms with Gasteiger partial charge in [0.25, 0.3) is 0 Å². The van der Waals surface area contributed by atoms with Crippen LogP contribution < -0.4 is 11.1 Å². The van der Waals surface area contributed by atoms with Crippen LogP contribution in [0.5, 0.6) is 0 Å². The van der Waals surface area contributed by atoms with Crippen molar-refractivity contribution >= 4 is 16.7 Å². The number of hydrogen-bond donors (Lipinski definition) is 2. The molecular formula is C13H16N4. The molecule has 1 fully saturated rings. The van der Waals surface area contributed by atoms with E-state index >= 15 is 0 Å². The first-order chi connectivity index (χ1) is 8.33. The Kier molecular flexibility index (Phi) is 2.44. The van der Waals surface area contributed by atoms with Gasteiger partial charge in [-0.3, -0.25) is 0 Å². The summed E-state index contributed by atoms with van der Waals surface area (Å²) < 4.78 is 0. The Labute approximate surface area is 100 Å². The van der Waals surface area contributed by atoms with E-state index in [0.717, 1.165) is 29.8 Å². The number of aromatic nitrogens is 2. The molecule has 2 aromatic rings. The van der Waals surface area contributed by atoms with Gasteiger partial charge in [0.05, 0.1) is 5.52 Å². The lowest BCUT2D eigenvalue weighted by molar-refractivity contribution is 0.555. The molecule has 4 nitrogen and oxygen atoms in total. The molecule has 1 aliphatic carbocycles. The van der Waals surface area contributed by atoms with Gasteiger partial charge < -0.3 is 11.1 Å². The lowest BCUT2D eigenvalue weighted by Crippen LogP contribution is -2.24. The van der Waals surface area contributed by atoms with Crippen LogP contribution in [-0.4, -0.2) is 23.1 Å². The maximum Gasteiger partial charge on any atom is 0.137 e. The van der Waals surface area contributed by atoms with Crippen LogP contribution in [0, 0.1) is 5.41 Å². The van der Waals surface area contributed by atoms with E-state index in [-0.39, 0.29) is 0 Å². The summed E-state index contributed by atoms with van der Waals surface area (Å²) in [4.78, 5) is 8.56. The molecule has 4 heteroatoms. The van der Waals surface area contributed by atoms with E-state index in [4.69, 9.17) is 5.73 Å². The standard InChI is InChI=1S/C13H16N4/c14-7-13(5-6-13)8-15-12-10-3-1-2-4-11(10)16-9-17-12/h1-4,9H,5-8,14H2,(H,15,16,17). The normalized spacial score (nSPS) is 17.0. The van der Waals surface area contributed by atoms with Gasteiger partial charge in [-0.15, -0.1) is 0 Å². The fourth-order valence-electron chi connectivity index (χ4n) is 2.05. The number of nitrogens with zero attached hydrogens (tertiary/aromatic N) is 2. The quantitative estimate of drug-likeness (QED) is 0.837. The lowest BCUT2D eigenvalue weighted by atomic mass is 10.1. The van der Waals surface area contributed by atoms with Crippen LogP contribution in [-0.2, 0) is 0 Å². The SMILES string of the molecule is NCC1(CNc2ncnc3ccccc23)CC1. The Morgan fingerprint density at radius 1 is 1.24 bits per heavy atom. The molecule has 0 saturated heterocycles. The monoisotopic (exact) mass is 228 g/mol. The number of rotatable bonds is 4. The van der Waals surface area contributed by atoms with Gasteiger partial charge in [-0.1, -0.05) is 12.1 Å². The van der Waals surface area contributed by atoms with E-state index in [9.17, 15) is 0 Å². The summed E-state index contributed by atoms with van der Waals surface area (Å²) in [7, 11) is 0. The molecule has 1 heterocycles. The average molecular weight is 228 g/mol. The van der Waals surface area contributed by atoms with Crippen molar-refractivity contribution in [2.75, 3.05) is 18.4 Å². The lowest BCUT2D eigenvalue weighted by Gasteiger charge is -2.14. The second-order valence-electron chi connectivity index (χ2n) is 4.80. The van der Waals surface area contributed by atoms with Gasteiger partial charge >= 0.3 is 0 Å². The molecule has 88 valence electrons. The number of benzene rings is 1. The molecule has 1 aromatic carbocycles. The van der Waals surface area contributed by atoms with Crippen molar-refractivity contribution in [2.24, 2.45) is 11.1 Å². The highest BCUT2D eigenvalue weighted by Gasteiger charge is 2.40. The maximum atomic E-state index is 5.77. The van der Waals surface area contributed by atoms with Gasteiger partial charge in [0.15, 0.2) is 0 Å². The second kappa shape index (κ2) is 3.96. The summed E-state index contributed by atoms with van der Waals surface area (Å²) >= 11 is 0. The van der Waals surface area contributed by atoms with E-state index in [0.29, 0.717) is 5.41 Å². The third-order valence-corrected chi connectivity index (χ3v) is 3.56. The van der Waals surface area contributed by atoms with Crippen molar-refractivity contribution in [1.82, 2.24) is 9.97 Å². The number of fused-ring (bicyclic) bond motifs is 1. The molecule has 0 unspecified atom stereocenters. The molecule has 0 aliphatic heterocycles. The van der Waals surface area contributed by atoms with Gasteiger partial charge in [0.1, 0.15) is 12.1 Å². The first kappa shape index (κ1) is 10.5. The third kappa shape index (κ3) is 1.96. The molecule has 17 heavy (non-hydrogen) atoms. The minimum Gasteiger partial charge on any atom is -0.369 e. The molecule has 0 amide bonds. The fourth-order valence-corrected chi connectivity index (χ4v) is 2.05. The van der Waals surface area contributed by atoms with Crippen molar-refractivity contribution in [3.05, 3.63) is 30.6 Å². The zero-order valence-corrected chi connectivity index (χ0v) is 9.69.